The molecular weight excluding hydrogens is 486 g/mol. The molecule has 4 rings (SSSR count). The number of hydrogen-bond acceptors (Lipinski definition) is 2. The van der Waals surface area contributed by atoms with Crippen molar-refractivity contribution in [1.29, 1.82) is 0 Å². The van der Waals surface area contributed by atoms with E-state index in [0.29, 0.717) is 11.1 Å². The monoisotopic (exact) mass is 503 g/mol. The number of halogens is 6. The Labute approximate surface area is 198 Å². The quantitative estimate of drug-likeness (QED) is 0.429. The third-order valence-electron chi connectivity index (χ3n) is 5.84. The molecule has 170 valence electrons. The fraction of sp³-hybridized carbons (Fsp3) is 0.348. The fourth-order valence-corrected chi connectivity index (χ4v) is 4.32. The molecule has 0 spiro atoms. The van der Waals surface area contributed by atoms with Crippen LogP contribution in [0.25, 0.3) is 5.57 Å². The van der Waals surface area contributed by atoms with E-state index in [1.807, 2.05) is 6.92 Å². The van der Waals surface area contributed by atoms with Crippen LogP contribution in [0.5, 0.6) is 0 Å². The largest absolute Gasteiger partial charge is 0.480 e. The van der Waals surface area contributed by atoms with Crippen LogP contribution in [-0.4, -0.2) is 12.1 Å². The van der Waals surface area contributed by atoms with Crippen molar-refractivity contribution in [2.24, 2.45) is 5.92 Å². The molecule has 1 aliphatic heterocycles. The van der Waals surface area contributed by atoms with Crippen molar-refractivity contribution in [3.8, 4) is 0 Å². The van der Waals surface area contributed by atoms with Gasteiger partial charge in [-0.3, -0.25) is 4.79 Å². The van der Waals surface area contributed by atoms with Gasteiger partial charge in [0.1, 0.15) is 0 Å². The Morgan fingerprint density at radius 1 is 1.12 bits per heavy atom. The summed E-state index contributed by atoms with van der Waals surface area (Å²) < 4.78 is 47.9. The molecule has 2 atom stereocenters. The van der Waals surface area contributed by atoms with Gasteiger partial charge in [0.25, 0.3) is 0 Å². The van der Waals surface area contributed by atoms with Gasteiger partial charge < -0.3 is 10.1 Å². The number of nitrogens with one attached hydrogen (secondary N) is 1. The van der Waals surface area contributed by atoms with Gasteiger partial charge in [-0.1, -0.05) is 59.1 Å². The lowest BCUT2D eigenvalue weighted by Crippen LogP contribution is -2.42. The summed E-state index contributed by atoms with van der Waals surface area (Å²) in [6.45, 7) is 1.87. The molecule has 0 bridgehead atoms. The first-order valence-corrected chi connectivity index (χ1v) is 11.1. The first kappa shape index (κ1) is 23.3. The van der Waals surface area contributed by atoms with Crippen molar-refractivity contribution in [2.45, 2.75) is 44.0 Å². The topological polar surface area (TPSA) is 38.3 Å². The molecule has 1 saturated carbocycles. The summed E-state index contributed by atoms with van der Waals surface area (Å²) in [5, 5.41) is 2.78. The average molecular weight is 505 g/mol. The summed E-state index contributed by atoms with van der Waals surface area (Å²) in [6.07, 6.45) is -2.23. The molecule has 2 aromatic carbocycles. The molecule has 1 fully saturated rings. The molecule has 0 aromatic heterocycles. The Hall–Kier alpha value is -1.89. The summed E-state index contributed by atoms with van der Waals surface area (Å²) in [6, 6.07) is 9.09. The average Bonchev–Trinajstić information content (AvgIpc) is 3.49. The molecule has 1 aliphatic carbocycles. The number of benzene rings is 2. The highest BCUT2D eigenvalue weighted by atomic mass is 35.5. The Morgan fingerprint density at radius 3 is 2.25 bits per heavy atom. The van der Waals surface area contributed by atoms with E-state index in [1.54, 1.807) is 24.3 Å². The zero-order valence-corrected chi connectivity index (χ0v) is 19.2. The number of alkyl halides is 3. The summed E-state index contributed by atoms with van der Waals surface area (Å²) in [5.41, 5.74) is -1.01. The maximum atomic E-state index is 14.2. The van der Waals surface area contributed by atoms with Gasteiger partial charge in [0.15, 0.2) is 0 Å². The lowest BCUT2D eigenvalue weighted by Gasteiger charge is -2.32. The van der Waals surface area contributed by atoms with E-state index in [9.17, 15) is 18.0 Å². The van der Waals surface area contributed by atoms with Crippen LogP contribution in [0.4, 0.5) is 13.2 Å². The first-order chi connectivity index (χ1) is 15.0. The maximum Gasteiger partial charge on any atom is 0.432 e. The number of carbonyl (C=O) groups is 1. The zero-order chi connectivity index (χ0) is 23.3. The second-order valence-electron chi connectivity index (χ2n) is 8.14. The number of carbonyl (C=O) groups excluding carboxylic acids is 1. The van der Waals surface area contributed by atoms with Gasteiger partial charge in [-0.05, 0) is 48.6 Å². The fourth-order valence-electron chi connectivity index (χ4n) is 3.73. The predicted octanol–water partition coefficient (Wildman–Crippen LogP) is 7.45. The van der Waals surface area contributed by atoms with Crippen molar-refractivity contribution in [1.82, 2.24) is 5.32 Å². The summed E-state index contributed by atoms with van der Waals surface area (Å²) in [4.78, 5) is 12.0. The van der Waals surface area contributed by atoms with Crippen LogP contribution in [0.1, 0.15) is 48.9 Å². The summed E-state index contributed by atoms with van der Waals surface area (Å²) in [7, 11) is 0. The molecule has 1 heterocycles. The van der Waals surface area contributed by atoms with Crippen LogP contribution >= 0.6 is 34.8 Å². The molecule has 32 heavy (non-hydrogen) atoms. The summed E-state index contributed by atoms with van der Waals surface area (Å²) in [5.74, 6) is 0.131. The van der Waals surface area contributed by atoms with Crippen LogP contribution in [0.15, 0.2) is 42.7 Å². The Balaban J connectivity index is 1.56. The molecule has 1 N–H and O–H groups in total. The molecule has 3 nitrogen and oxygen atoms in total. The highest BCUT2D eigenvalue weighted by Gasteiger charge is 2.60. The van der Waals surface area contributed by atoms with Gasteiger partial charge in [-0.2, -0.15) is 13.2 Å². The second-order valence-corrected chi connectivity index (χ2v) is 9.34. The standard InChI is InChI=1S/C23H19Cl3F3NO2/c1-12(30-21(31)15-6-7-15)13-2-4-14(5-3-13)16-10-22(32-11-16,23(27,28)29)17-8-18(24)20(26)19(25)9-17/h2-5,8-9,11-12,15H,6-7,10H2,1H3,(H,30,31). The lowest BCUT2D eigenvalue weighted by molar-refractivity contribution is -0.260. The molecule has 0 saturated heterocycles. The van der Waals surface area contributed by atoms with Crippen LogP contribution < -0.4 is 5.32 Å². The van der Waals surface area contributed by atoms with Crippen molar-refractivity contribution in [2.75, 3.05) is 0 Å². The van der Waals surface area contributed by atoms with Gasteiger partial charge in [0.05, 0.1) is 27.4 Å². The van der Waals surface area contributed by atoms with Gasteiger partial charge in [-0.25, -0.2) is 0 Å². The minimum absolute atomic E-state index is 0.0147. The SMILES string of the molecule is CC(NC(=O)C1CC1)c1ccc(C2=COC(c3cc(Cl)c(Cl)c(Cl)c3)(C(F)(F)F)C2)cc1. The molecule has 0 radical (unpaired) electrons. The van der Waals surface area contributed by atoms with Gasteiger partial charge in [0.2, 0.25) is 11.5 Å². The first-order valence-electron chi connectivity index (χ1n) is 10.0. The van der Waals surface area contributed by atoms with E-state index < -0.39 is 18.2 Å². The van der Waals surface area contributed by atoms with E-state index in [0.717, 1.165) is 36.8 Å². The van der Waals surface area contributed by atoms with E-state index in [-0.39, 0.29) is 38.5 Å². The van der Waals surface area contributed by atoms with Crippen molar-refractivity contribution in [3.63, 3.8) is 0 Å². The Kier molecular flexibility index (Phi) is 6.16. The lowest BCUT2D eigenvalue weighted by atomic mass is 9.86. The predicted molar refractivity (Wildman–Crippen MR) is 119 cm³/mol. The van der Waals surface area contributed by atoms with E-state index in [4.69, 9.17) is 39.5 Å². The zero-order valence-electron chi connectivity index (χ0n) is 16.9. The highest BCUT2D eigenvalue weighted by molar-refractivity contribution is 6.48. The van der Waals surface area contributed by atoms with Crippen LogP contribution in [-0.2, 0) is 15.1 Å². The van der Waals surface area contributed by atoms with Crippen molar-refractivity contribution < 1.29 is 22.7 Å². The minimum Gasteiger partial charge on any atom is -0.480 e. The van der Waals surface area contributed by atoms with E-state index in [2.05, 4.69) is 5.32 Å². The van der Waals surface area contributed by atoms with E-state index in [1.165, 1.54) is 0 Å². The Bertz CT molecular complexity index is 1060. The molecule has 1 amide bonds. The van der Waals surface area contributed by atoms with Gasteiger partial charge in [-0.15, -0.1) is 0 Å². The van der Waals surface area contributed by atoms with Crippen LogP contribution in [0.3, 0.4) is 0 Å². The van der Waals surface area contributed by atoms with Crippen molar-refractivity contribution in [3.05, 3.63) is 74.4 Å². The Morgan fingerprint density at radius 2 is 1.72 bits per heavy atom. The number of amides is 1. The van der Waals surface area contributed by atoms with Crippen LogP contribution in [0, 0.1) is 5.92 Å². The smallest absolute Gasteiger partial charge is 0.432 e. The number of ether oxygens (including phenoxy) is 1. The molecule has 9 heteroatoms. The summed E-state index contributed by atoms with van der Waals surface area (Å²) >= 11 is 17.9. The number of rotatable bonds is 5. The number of hydrogen-bond donors (Lipinski definition) is 1. The molecule has 2 unspecified atom stereocenters. The van der Waals surface area contributed by atoms with Gasteiger partial charge >= 0.3 is 6.18 Å². The van der Waals surface area contributed by atoms with E-state index >= 15 is 0 Å². The van der Waals surface area contributed by atoms with Gasteiger partial charge in [0, 0.05) is 17.9 Å². The highest BCUT2D eigenvalue weighted by Crippen LogP contribution is 2.53. The third-order valence-corrected chi connectivity index (χ3v) is 7.04. The molecule has 2 aromatic rings. The van der Waals surface area contributed by atoms with Crippen molar-refractivity contribution >= 4 is 46.3 Å². The maximum absolute atomic E-state index is 14.2. The second kappa shape index (κ2) is 8.47. The molecular formula is C23H19Cl3F3NO2. The third kappa shape index (κ3) is 4.33. The minimum atomic E-state index is -4.73. The molecule has 2 aliphatic rings. The normalized spacial score (nSPS) is 21.7. The van der Waals surface area contributed by atoms with Crippen LogP contribution in [0.2, 0.25) is 15.1 Å².